The van der Waals surface area contributed by atoms with E-state index in [1.54, 1.807) is 12.2 Å². The first-order valence-corrected chi connectivity index (χ1v) is 20.8. The molecule has 9 rings (SSSR count). The van der Waals surface area contributed by atoms with Gasteiger partial charge in [0, 0.05) is 41.2 Å². The molecule has 2 heterocycles. The van der Waals surface area contributed by atoms with Gasteiger partial charge in [-0.25, -0.2) is 0 Å². The van der Waals surface area contributed by atoms with E-state index in [2.05, 4.69) is 168 Å². The zero-order valence-corrected chi connectivity index (χ0v) is 35.0. The number of rotatable bonds is 10. The highest BCUT2D eigenvalue weighted by Crippen LogP contribution is 2.34. The standard InChI is InChI=1S/C24H21N.C20H19N.C14H12N2/c1-2-3-4-5-6-19-7-9-20(10-8-19)21-11-13-22(14-12-21)23-15-17-24(25)18-16-23;1-2-3-4-5-8-17-11-13-19(14-12-17)21-16-15-18-9-6-7-10-20(18)21;15-12-5-7-13(8-6-12)16-10-9-11-3-1-2-4-14(11)16/h2-18H,1,25H2;2-14H,1,15-16H2;1-10H,15H2/b4-3-,6-5-;4-3-,8-5-;. The van der Waals surface area contributed by atoms with E-state index in [9.17, 15) is 0 Å². The fourth-order valence-corrected chi connectivity index (χ4v) is 7.25. The Morgan fingerprint density at radius 2 is 0.903 bits per heavy atom. The lowest BCUT2D eigenvalue weighted by molar-refractivity contribution is 0.998. The van der Waals surface area contributed by atoms with Gasteiger partial charge in [-0.2, -0.15) is 0 Å². The SMILES string of the molecule is C=C/C=C\C=C/c1ccc(-c2ccc(-c3ccc(N)cc3)cc2)cc1.C=C/C=C\C=C/c1ccc(N2CCc3ccccc32)cc1.Nc1ccc(-n2ccc3ccccc32)cc1. The molecule has 0 unspecified atom stereocenters. The van der Waals surface area contributed by atoms with Gasteiger partial charge >= 0.3 is 0 Å². The third kappa shape index (κ3) is 11.1. The molecule has 1 aliphatic rings. The molecular weight excluding hydrogens is 753 g/mol. The van der Waals surface area contributed by atoms with Gasteiger partial charge in [0.2, 0.25) is 0 Å². The maximum absolute atomic E-state index is 5.75. The maximum Gasteiger partial charge on any atom is 0.0528 e. The van der Waals surface area contributed by atoms with Crippen LogP contribution in [0.25, 0.3) is 51.0 Å². The third-order valence-electron chi connectivity index (χ3n) is 10.5. The van der Waals surface area contributed by atoms with E-state index in [-0.39, 0.29) is 0 Å². The molecule has 0 fully saturated rings. The lowest BCUT2D eigenvalue weighted by Crippen LogP contribution is -2.12. The Balaban J connectivity index is 0.000000143. The molecule has 62 heavy (non-hydrogen) atoms. The van der Waals surface area contributed by atoms with Gasteiger partial charge in [0.05, 0.1) is 5.52 Å². The molecule has 0 saturated heterocycles. The molecule has 1 aromatic heterocycles. The largest absolute Gasteiger partial charge is 0.399 e. The molecular formula is C58H52N4. The predicted octanol–water partition coefficient (Wildman–Crippen LogP) is 14.7. The van der Waals surface area contributed by atoms with E-state index in [1.807, 2.05) is 85.0 Å². The first kappa shape index (κ1) is 42.1. The van der Waals surface area contributed by atoms with Crippen molar-refractivity contribution in [3.63, 3.8) is 0 Å². The summed E-state index contributed by atoms with van der Waals surface area (Å²) >= 11 is 0. The molecule has 0 bridgehead atoms. The first-order chi connectivity index (χ1) is 30.5. The molecule has 0 radical (unpaired) electrons. The first-order valence-electron chi connectivity index (χ1n) is 20.8. The predicted molar refractivity (Wildman–Crippen MR) is 270 cm³/mol. The van der Waals surface area contributed by atoms with Gasteiger partial charge < -0.3 is 20.9 Å². The Kier molecular flexibility index (Phi) is 14.4. The summed E-state index contributed by atoms with van der Waals surface area (Å²) < 4.78 is 2.16. The van der Waals surface area contributed by atoms with Gasteiger partial charge in [0.25, 0.3) is 0 Å². The van der Waals surface area contributed by atoms with E-state index in [0.29, 0.717) is 0 Å². The molecule has 0 spiro atoms. The van der Waals surface area contributed by atoms with Crippen molar-refractivity contribution in [3.05, 3.63) is 261 Å². The van der Waals surface area contributed by atoms with Crippen LogP contribution in [-0.4, -0.2) is 11.1 Å². The fraction of sp³-hybridized carbons (Fsp3) is 0.0345. The highest BCUT2D eigenvalue weighted by Gasteiger charge is 2.19. The van der Waals surface area contributed by atoms with Crippen molar-refractivity contribution in [2.24, 2.45) is 0 Å². The quantitative estimate of drug-likeness (QED) is 0.107. The Morgan fingerprint density at radius 3 is 1.48 bits per heavy atom. The number of anilines is 4. The van der Waals surface area contributed by atoms with Crippen molar-refractivity contribution < 1.29 is 0 Å². The van der Waals surface area contributed by atoms with Crippen molar-refractivity contribution in [2.45, 2.75) is 6.42 Å². The van der Waals surface area contributed by atoms with Crippen LogP contribution in [0.5, 0.6) is 0 Å². The van der Waals surface area contributed by atoms with Gasteiger partial charge in [0.1, 0.15) is 0 Å². The van der Waals surface area contributed by atoms with E-state index in [0.717, 1.165) is 30.0 Å². The summed E-state index contributed by atoms with van der Waals surface area (Å²) in [4.78, 5) is 2.39. The number of nitrogen functional groups attached to an aromatic ring is 2. The van der Waals surface area contributed by atoms with Crippen molar-refractivity contribution in [1.82, 2.24) is 4.57 Å². The van der Waals surface area contributed by atoms with Crippen LogP contribution in [0.15, 0.2) is 244 Å². The summed E-state index contributed by atoms with van der Waals surface area (Å²) in [6.45, 7) is 8.37. The summed E-state index contributed by atoms with van der Waals surface area (Å²) in [6, 6.07) is 60.8. The zero-order valence-electron chi connectivity index (χ0n) is 35.0. The second-order valence-corrected chi connectivity index (χ2v) is 14.7. The second kappa shape index (κ2) is 21.3. The Labute approximate surface area is 366 Å². The summed E-state index contributed by atoms with van der Waals surface area (Å²) in [5, 5.41) is 1.25. The number of allylic oxidation sites excluding steroid dienone is 8. The van der Waals surface area contributed by atoms with Crippen LogP contribution in [0.3, 0.4) is 0 Å². The molecule has 0 saturated carbocycles. The smallest absolute Gasteiger partial charge is 0.0528 e. The van der Waals surface area contributed by atoms with Gasteiger partial charge in [-0.3, -0.25) is 0 Å². The van der Waals surface area contributed by atoms with Crippen LogP contribution in [0.2, 0.25) is 0 Å². The second-order valence-electron chi connectivity index (χ2n) is 14.7. The molecule has 7 aromatic carbocycles. The minimum absolute atomic E-state index is 0.787. The van der Waals surface area contributed by atoms with Gasteiger partial charge in [0.15, 0.2) is 0 Å². The molecule has 0 aliphatic carbocycles. The summed E-state index contributed by atoms with van der Waals surface area (Å²) in [5.41, 5.74) is 26.6. The van der Waals surface area contributed by atoms with E-state index >= 15 is 0 Å². The van der Waals surface area contributed by atoms with E-state index in [4.69, 9.17) is 11.5 Å². The molecule has 304 valence electrons. The van der Waals surface area contributed by atoms with Crippen LogP contribution >= 0.6 is 0 Å². The Hall–Kier alpha value is -8.08. The normalized spacial score (nSPS) is 12.0. The van der Waals surface area contributed by atoms with E-state index < -0.39 is 0 Å². The average molecular weight is 805 g/mol. The van der Waals surface area contributed by atoms with Gasteiger partial charge in [-0.15, -0.1) is 0 Å². The number of hydrogen-bond acceptors (Lipinski definition) is 3. The number of para-hydroxylation sites is 2. The van der Waals surface area contributed by atoms with Crippen LogP contribution in [-0.2, 0) is 6.42 Å². The minimum atomic E-state index is 0.787. The summed E-state index contributed by atoms with van der Waals surface area (Å²) in [7, 11) is 0. The van der Waals surface area contributed by atoms with E-state index in [1.165, 1.54) is 61.2 Å². The monoisotopic (exact) mass is 804 g/mol. The number of hydrogen-bond donors (Lipinski definition) is 2. The summed E-state index contributed by atoms with van der Waals surface area (Å²) in [6.07, 6.45) is 22.8. The number of nitrogens with two attached hydrogens (primary N) is 2. The van der Waals surface area contributed by atoms with Crippen molar-refractivity contribution in [1.29, 1.82) is 0 Å². The molecule has 0 atom stereocenters. The Bertz CT molecular complexity index is 2800. The maximum atomic E-state index is 5.75. The molecule has 4 heteroatoms. The number of benzene rings is 7. The molecule has 1 aliphatic heterocycles. The highest BCUT2D eigenvalue weighted by molar-refractivity contribution is 5.82. The van der Waals surface area contributed by atoms with Crippen molar-refractivity contribution in [2.75, 3.05) is 22.9 Å². The van der Waals surface area contributed by atoms with Gasteiger partial charge in [-0.05, 0) is 117 Å². The summed E-state index contributed by atoms with van der Waals surface area (Å²) in [5.74, 6) is 0. The molecule has 0 amide bonds. The number of fused-ring (bicyclic) bond motifs is 2. The van der Waals surface area contributed by atoms with Crippen LogP contribution < -0.4 is 16.4 Å². The molecule has 4 N–H and O–H groups in total. The number of aromatic nitrogens is 1. The fourth-order valence-electron chi connectivity index (χ4n) is 7.25. The average Bonchev–Trinajstić information content (AvgIpc) is 3.96. The van der Waals surface area contributed by atoms with Gasteiger partial charge in [-0.1, -0.05) is 183 Å². The highest BCUT2D eigenvalue weighted by atomic mass is 15.2. The minimum Gasteiger partial charge on any atom is -0.399 e. The lowest BCUT2D eigenvalue weighted by Gasteiger charge is -2.19. The zero-order chi connectivity index (χ0) is 42.9. The van der Waals surface area contributed by atoms with Crippen LogP contribution in [0.4, 0.5) is 22.7 Å². The van der Waals surface area contributed by atoms with Crippen LogP contribution in [0.1, 0.15) is 16.7 Å². The Morgan fingerprint density at radius 1 is 0.435 bits per heavy atom. The van der Waals surface area contributed by atoms with Crippen LogP contribution in [0, 0.1) is 0 Å². The topological polar surface area (TPSA) is 60.2 Å². The third-order valence-corrected chi connectivity index (χ3v) is 10.5. The van der Waals surface area contributed by atoms with Crippen molar-refractivity contribution >= 4 is 45.8 Å². The molecule has 4 nitrogen and oxygen atoms in total. The molecule has 8 aromatic rings. The number of nitrogens with zero attached hydrogens (tertiary/aromatic N) is 2. The van der Waals surface area contributed by atoms with Crippen molar-refractivity contribution in [3.8, 4) is 27.9 Å². The lowest BCUT2D eigenvalue weighted by atomic mass is 9.99.